The van der Waals surface area contributed by atoms with E-state index in [4.69, 9.17) is 0 Å². The van der Waals surface area contributed by atoms with Crippen LogP contribution in [0, 0.1) is 0 Å². The number of hydrogen-bond donors (Lipinski definition) is 1. The van der Waals surface area contributed by atoms with E-state index in [1.165, 1.54) is 11.3 Å². The highest BCUT2D eigenvalue weighted by Crippen LogP contribution is 2.27. The Balaban J connectivity index is 1.43. The second-order valence-corrected chi connectivity index (χ2v) is 7.98. The molecule has 0 unspecified atom stereocenters. The number of carbonyl (C=O) groups excluding carboxylic acids is 2. The first-order chi connectivity index (χ1) is 12.6. The van der Waals surface area contributed by atoms with Crippen LogP contribution in [-0.2, 0) is 0 Å². The van der Waals surface area contributed by atoms with Gasteiger partial charge in [-0.05, 0) is 32.0 Å². The average Bonchev–Trinajstić information content (AvgIpc) is 3.33. The molecule has 0 radical (unpaired) electrons. The molecule has 4 rings (SSSR count). The van der Waals surface area contributed by atoms with Crippen molar-refractivity contribution in [2.24, 2.45) is 0 Å². The number of piperazine rings is 1. The van der Waals surface area contributed by atoms with Crippen molar-refractivity contribution in [3.8, 4) is 10.6 Å². The summed E-state index contributed by atoms with van der Waals surface area (Å²) in [5.41, 5.74) is 1.62. The second kappa shape index (κ2) is 7.17. The van der Waals surface area contributed by atoms with E-state index in [0.717, 1.165) is 49.6 Å². The largest absolute Gasteiger partial charge is 0.349 e. The maximum absolute atomic E-state index is 12.6. The fourth-order valence-electron chi connectivity index (χ4n) is 2.94. The highest BCUT2D eigenvalue weighted by atomic mass is 32.1. The van der Waals surface area contributed by atoms with Crippen molar-refractivity contribution >= 4 is 23.2 Å². The number of hydrogen-bond acceptors (Lipinski definition) is 5. The molecular weight excluding hydrogens is 348 g/mol. The van der Waals surface area contributed by atoms with Gasteiger partial charge in [0.1, 0.15) is 9.88 Å². The van der Waals surface area contributed by atoms with Crippen molar-refractivity contribution < 1.29 is 9.59 Å². The topological polar surface area (TPSA) is 65.5 Å². The number of rotatable bonds is 4. The van der Waals surface area contributed by atoms with Crippen LogP contribution in [0.5, 0.6) is 0 Å². The number of nitrogens with zero attached hydrogens (tertiary/aromatic N) is 3. The molecule has 2 heterocycles. The Morgan fingerprint density at radius 2 is 1.81 bits per heavy atom. The van der Waals surface area contributed by atoms with E-state index in [-0.39, 0.29) is 11.8 Å². The van der Waals surface area contributed by atoms with Crippen LogP contribution in [0.3, 0.4) is 0 Å². The van der Waals surface area contributed by atoms with Crippen molar-refractivity contribution in [3.05, 3.63) is 40.9 Å². The van der Waals surface area contributed by atoms with Crippen molar-refractivity contribution in [1.29, 1.82) is 0 Å². The lowest BCUT2D eigenvalue weighted by atomic mass is 10.1. The Morgan fingerprint density at radius 3 is 2.46 bits per heavy atom. The fraction of sp³-hybridized carbons (Fsp3) is 0.421. The van der Waals surface area contributed by atoms with Gasteiger partial charge in [0.05, 0.1) is 6.20 Å². The molecule has 0 spiro atoms. The van der Waals surface area contributed by atoms with Crippen molar-refractivity contribution in [1.82, 2.24) is 20.1 Å². The Kier molecular flexibility index (Phi) is 4.74. The summed E-state index contributed by atoms with van der Waals surface area (Å²) >= 11 is 1.38. The predicted molar refractivity (Wildman–Crippen MR) is 101 cm³/mol. The molecular formula is C19H22N4O2S. The van der Waals surface area contributed by atoms with Crippen LogP contribution in [0.15, 0.2) is 30.5 Å². The molecule has 1 aromatic heterocycles. The zero-order chi connectivity index (χ0) is 18.1. The van der Waals surface area contributed by atoms with Gasteiger partial charge in [0, 0.05) is 43.3 Å². The molecule has 1 aliphatic carbocycles. The van der Waals surface area contributed by atoms with Gasteiger partial charge in [0.25, 0.3) is 11.8 Å². The van der Waals surface area contributed by atoms with Gasteiger partial charge in [-0.1, -0.05) is 12.1 Å². The van der Waals surface area contributed by atoms with Crippen LogP contribution in [0.25, 0.3) is 10.6 Å². The molecule has 1 aliphatic heterocycles. The maximum atomic E-state index is 12.6. The molecule has 26 heavy (non-hydrogen) atoms. The molecule has 2 aliphatic rings. The number of likely N-dealkylation sites (N-methyl/N-ethyl adjacent to an activating group) is 1. The minimum atomic E-state index is -0.0434. The zero-order valence-electron chi connectivity index (χ0n) is 14.8. The number of aromatic nitrogens is 1. The summed E-state index contributed by atoms with van der Waals surface area (Å²) in [4.78, 5) is 33.8. The van der Waals surface area contributed by atoms with Crippen LogP contribution < -0.4 is 5.32 Å². The van der Waals surface area contributed by atoms with Gasteiger partial charge in [-0.3, -0.25) is 9.59 Å². The summed E-state index contributed by atoms with van der Waals surface area (Å²) in [6.07, 6.45) is 3.77. The fourth-order valence-corrected chi connectivity index (χ4v) is 3.77. The Labute approximate surface area is 156 Å². The first-order valence-electron chi connectivity index (χ1n) is 8.95. The van der Waals surface area contributed by atoms with Crippen LogP contribution >= 0.6 is 11.3 Å². The molecule has 2 amide bonds. The number of amides is 2. The summed E-state index contributed by atoms with van der Waals surface area (Å²) < 4.78 is 0. The van der Waals surface area contributed by atoms with Crippen molar-refractivity contribution in [2.75, 3.05) is 33.2 Å². The van der Waals surface area contributed by atoms with Gasteiger partial charge in [-0.15, -0.1) is 11.3 Å². The van der Waals surface area contributed by atoms with E-state index >= 15 is 0 Å². The molecule has 2 fully saturated rings. The number of benzene rings is 1. The standard InChI is InChI=1S/C19H22N4O2S/c1-22-8-10-23(11-9-22)19(25)14-4-2-13(3-5-14)18-20-12-16(26-18)17(24)21-15-6-7-15/h2-5,12,15H,6-11H2,1H3,(H,21,24). The third-order valence-electron chi connectivity index (χ3n) is 4.81. The number of carbonyl (C=O) groups is 2. The SMILES string of the molecule is CN1CCN(C(=O)c2ccc(-c3ncc(C(=O)NC4CC4)s3)cc2)CC1. The lowest BCUT2D eigenvalue weighted by Crippen LogP contribution is -2.47. The number of thiazole rings is 1. The second-order valence-electron chi connectivity index (χ2n) is 6.95. The highest BCUT2D eigenvalue weighted by Gasteiger charge is 2.25. The summed E-state index contributed by atoms with van der Waals surface area (Å²) in [6.45, 7) is 3.36. The summed E-state index contributed by atoms with van der Waals surface area (Å²) in [5, 5.41) is 3.77. The molecule has 1 saturated heterocycles. The van der Waals surface area contributed by atoms with Crippen LogP contribution in [0.4, 0.5) is 0 Å². The lowest BCUT2D eigenvalue weighted by Gasteiger charge is -2.32. The third-order valence-corrected chi connectivity index (χ3v) is 5.86. The molecule has 1 saturated carbocycles. The van der Waals surface area contributed by atoms with Gasteiger partial charge >= 0.3 is 0 Å². The summed E-state index contributed by atoms with van der Waals surface area (Å²) in [5.74, 6) is 0.0337. The van der Waals surface area contributed by atoms with E-state index in [2.05, 4.69) is 22.2 Å². The van der Waals surface area contributed by atoms with Gasteiger partial charge < -0.3 is 15.1 Å². The third kappa shape index (κ3) is 3.78. The number of nitrogens with one attached hydrogen (secondary N) is 1. The molecule has 136 valence electrons. The smallest absolute Gasteiger partial charge is 0.263 e. The average molecular weight is 370 g/mol. The first-order valence-corrected chi connectivity index (χ1v) is 9.77. The minimum Gasteiger partial charge on any atom is -0.349 e. The summed E-state index contributed by atoms with van der Waals surface area (Å²) in [6, 6.07) is 7.85. The molecule has 0 bridgehead atoms. The Bertz CT molecular complexity index is 805. The normalized spacial score (nSPS) is 18.0. The van der Waals surface area contributed by atoms with Crippen LogP contribution in [-0.4, -0.2) is 65.9 Å². The Hall–Kier alpha value is -2.25. The van der Waals surface area contributed by atoms with E-state index in [0.29, 0.717) is 16.5 Å². The molecule has 1 aromatic carbocycles. The monoisotopic (exact) mass is 370 g/mol. The first kappa shape index (κ1) is 17.2. The molecule has 7 heteroatoms. The quantitative estimate of drug-likeness (QED) is 0.895. The van der Waals surface area contributed by atoms with Crippen molar-refractivity contribution in [2.45, 2.75) is 18.9 Å². The van der Waals surface area contributed by atoms with E-state index < -0.39 is 0 Å². The summed E-state index contributed by atoms with van der Waals surface area (Å²) in [7, 11) is 2.07. The van der Waals surface area contributed by atoms with Gasteiger partial charge in [-0.2, -0.15) is 0 Å². The minimum absolute atomic E-state index is 0.0434. The van der Waals surface area contributed by atoms with Gasteiger partial charge in [0.2, 0.25) is 0 Å². The zero-order valence-corrected chi connectivity index (χ0v) is 15.6. The van der Waals surface area contributed by atoms with Crippen LogP contribution in [0.2, 0.25) is 0 Å². The van der Waals surface area contributed by atoms with Gasteiger partial charge in [-0.25, -0.2) is 4.98 Å². The highest BCUT2D eigenvalue weighted by molar-refractivity contribution is 7.16. The van der Waals surface area contributed by atoms with Crippen LogP contribution in [0.1, 0.15) is 32.9 Å². The molecule has 0 atom stereocenters. The molecule has 6 nitrogen and oxygen atoms in total. The van der Waals surface area contributed by atoms with E-state index in [1.54, 1.807) is 6.20 Å². The predicted octanol–water partition coefficient (Wildman–Crippen LogP) is 2.09. The maximum Gasteiger partial charge on any atom is 0.263 e. The van der Waals surface area contributed by atoms with Crippen molar-refractivity contribution in [3.63, 3.8) is 0 Å². The molecule has 2 aromatic rings. The van der Waals surface area contributed by atoms with E-state index in [1.807, 2.05) is 29.2 Å². The van der Waals surface area contributed by atoms with Gasteiger partial charge in [0.15, 0.2) is 0 Å². The lowest BCUT2D eigenvalue weighted by molar-refractivity contribution is 0.0664. The van der Waals surface area contributed by atoms with E-state index in [9.17, 15) is 9.59 Å². The molecule has 1 N–H and O–H groups in total. The Morgan fingerprint density at radius 1 is 1.12 bits per heavy atom.